The molecule has 0 aliphatic rings. The fourth-order valence-corrected chi connectivity index (χ4v) is 2.24. The summed E-state index contributed by atoms with van der Waals surface area (Å²) in [5.74, 6) is 0.322. The van der Waals surface area contributed by atoms with E-state index < -0.39 is 0 Å². The lowest BCUT2D eigenvalue weighted by atomic mass is 10.1. The van der Waals surface area contributed by atoms with Gasteiger partial charge in [-0.05, 0) is 37.3 Å². The molecule has 0 aromatic heterocycles. The van der Waals surface area contributed by atoms with E-state index in [0.717, 1.165) is 15.7 Å². The number of aryl methyl sites for hydroxylation is 1. The molecule has 0 saturated carbocycles. The lowest BCUT2D eigenvalue weighted by molar-refractivity contribution is 0.101. The van der Waals surface area contributed by atoms with Crippen LogP contribution in [-0.2, 0) is 4.74 Å². The molecule has 0 fully saturated rings. The third-order valence-electron chi connectivity index (χ3n) is 3.04. The normalized spacial score (nSPS) is 10.3. The van der Waals surface area contributed by atoms with Gasteiger partial charge in [-0.3, -0.25) is 4.79 Å². The number of amides is 1. The van der Waals surface area contributed by atoms with Gasteiger partial charge in [0.25, 0.3) is 5.91 Å². The third-order valence-corrected chi connectivity index (χ3v) is 3.53. The maximum Gasteiger partial charge on any atom is 0.259 e. The highest BCUT2D eigenvalue weighted by Gasteiger charge is 2.13. The molecule has 0 aliphatic heterocycles. The summed E-state index contributed by atoms with van der Waals surface area (Å²) < 4.78 is 11.4. The summed E-state index contributed by atoms with van der Waals surface area (Å²) >= 11 is 3.38. The van der Waals surface area contributed by atoms with Crippen LogP contribution in [-0.4, -0.2) is 26.2 Å². The van der Waals surface area contributed by atoms with Crippen molar-refractivity contribution in [1.29, 1.82) is 0 Å². The maximum absolute atomic E-state index is 12.5. The van der Waals surface area contributed by atoms with Crippen LogP contribution >= 0.6 is 15.9 Å². The predicted octanol–water partition coefficient (Wildman–Crippen LogP) is 4.04. The van der Waals surface area contributed by atoms with Crippen molar-refractivity contribution < 1.29 is 14.3 Å². The Labute approximate surface area is 138 Å². The number of hydrogen-bond donors (Lipinski definition) is 1. The molecule has 0 heterocycles. The predicted molar refractivity (Wildman–Crippen MR) is 90.6 cm³/mol. The molecule has 0 spiro atoms. The lowest BCUT2D eigenvalue weighted by Crippen LogP contribution is -2.15. The third kappa shape index (κ3) is 4.58. The molecule has 1 N–H and O–H groups in total. The van der Waals surface area contributed by atoms with Crippen molar-refractivity contribution in [2.45, 2.75) is 6.92 Å². The van der Waals surface area contributed by atoms with Gasteiger partial charge in [0.05, 0.1) is 12.2 Å². The Morgan fingerprint density at radius 1 is 1.14 bits per heavy atom. The summed E-state index contributed by atoms with van der Waals surface area (Å²) in [6.45, 7) is 2.86. The summed E-state index contributed by atoms with van der Waals surface area (Å²) in [4.78, 5) is 12.5. The van der Waals surface area contributed by atoms with Crippen LogP contribution in [0, 0.1) is 6.92 Å². The minimum Gasteiger partial charge on any atom is -0.490 e. The molecular formula is C17H18BrNO3. The van der Waals surface area contributed by atoms with Gasteiger partial charge in [-0.25, -0.2) is 0 Å². The van der Waals surface area contributed by atoms with Gasteiger partial charge < -0.3 is 14.8 Å². The molecule has 22 heavy (non-hydrogen) atoms. The molecule has 4 nitrogen and oxygen atoms in total. The number of anilines is 1. The number of ether oxygens (including phenoxy) is 2. The first-order valence-electron chi connectivity index (χ1n) is 6.89. The van der Waals surface area contributed by atoms with Crippen molar-refractivity contribution in [3.63, 3.8) is 0 Å². The maximum atomic E-state index is 12.5. The summed E-state index contributed by atoms with van der Waals surface area (Å²) in [6.07, 6.45) is 0. The van der Waals surface area contributed by atoms with E-state index in [1.54, 1.807) is 19.2 Å². The molecule has 0 radical (unpaired) electrons. The molecule has 1 amide bonds. The van der Waals surface area contributed by atoms with Crippen LogP contribution in [0.5, 0.6) is 5.75 Å². The number of nitrogens with one attached hydrogen (secondary N) is 1. The number of halogens is 1. The van der Waals surface area contributed by atoms with E-state index >= 15 is 0 Å². The zero-order valence-electron chi connectivity index (χ0n) is 12.6. The molecule has 2 aromatic carbocycles. The second kappa shape index (κ2) is 7.96. The minimum absolute atomic E-state index is 0.211. The second-order valence-corrected chi connectivity index (χ2v) is 5.72. The van der Waals surface area contributed by atoms with Crippen LogP contribution in [0.2, 0.25) is 0 Å². The molecule has 2 rings (SSSR count). The number of methoxy groups -OCH3 is 1. The van der Waals surface area contributed by atoms with Crippen molar-refractivity contribution in [2.24, 2.45) is 0 Å². The Morgan fingerprint density at radius 2 is 1.86 bits per heavy atom. The van der Waals surface area contributed by atoms with Crippen molar-refractivity contribution in [1.82, 2.24) is 0 Å². The van der Waals surface area contributed by atoms with Crippen LogP contribution in [0.25, 0.3) is 0 Å². The number of carbonyl (C=O) groups is 1. The van der Waals surface area contributed by atoms with E-state index in [1.165, 1.54) is 0 Å². The summed E-state index contributed by atoms with van der Waals surface area (Å²) in [7, 11) is 1.61. The van der Waals surface area contributed by atoms with Gasteiger partial charge in [-0.15, -0.1) is 0 Å². The Kier molecular flexibility index (Phi) is 5.98. The smallest absolute Gasteiger partial charge is 0.259 e. The molecule has 0 unspecified atom stereocenters. The molecule has 116 valence electrons. The summed E-state index contributed by atoms with van der Waals surface area (Å²) in [5.41, 5.74) is 2.37. The number of benzene rings is 2. The number of hydrogen-bond acceptors (Lipinski definition) is 3. The first-order chi connectivity index (χ1) is 10.6. The highest BCUT2D eigenvalue weighted by molar-refractivity contribution is 9.10. The van der Waals surface area contributed by atoms with E-state index in [1.807, 2.05) is 37.3 Å². The van der Waals surface area contributed by atoms with Crippen molar-refractivity contribution in [2.75, 3.05) is 25.6 Å². The molecule has 0 atom stereocenters. The second-order valence-electron chi connectivity index (χ2n) is 4.80. The Balaban J connectivity index is 2.16. The largest absolute Gasteiger partial charge is 0.490 e. The molecule has 0 aliphatic carbocycles. The topological polar surface area (TPSA) is 47.6 Å². The Morgan fingerprint density at radius 3 is 2.55 bits per heavy atom. The van der Waals surface area contributed by atoms with Gasteiger partial charge in [0.15, 0.2) is 0 Å². The van der Waals surface area contributed by atoms with Crippen molar-refractivity contribution in [3.05, 3.63) is 58.1 Å². The lowest BCUT2D eigenvalue weighted by Gasteiger charge is -2.12. The zero-order chi connectivity index (χ0) is 15.9. The zero-order valence-corrected chi connectivity index (χ0v) is 14.1. The molecule has 0 saturated heterocycles. The van der Waals surface area contributed by atoms with Gasteiger partial charge in [-0.2, -0.15) is 0 Å². The minimum atomic E-state index is -0.211. The van der Waals surface area contributed by atoms with Gasteiger partial charge in [0.2, 0.25) is 0 Å². The fourth-order valence-electron chi connectivity index (χ4n) is 1.88. The number of carbonyl (C=O) groups excluding carboxylic acids is 1. The van der Waals surface area contributed by atoms with Gasteiger partial charge in [-0.1, -0.05) is 33.6 Å². The van der Waals surface area contributed by atoms with Crippen molar-refractivity contribution >= 4 is 27.5 Å². The SMILES string of the molecule is COCCOc1ccc(Br)cc1C(=O)Nc1ccc(C)cc1. The quantitative estimate of drug-likeness (QED) is 0.788. The molecule has 0 bridgehead atoms. The molecule has 5 heteroatoms. The highest BCUT2D eigenvalue weighted by Crippen LogP contribution is 2.24. The average molecular weight is 364 g/mol. The monoisotopic (exact) mass is 363 g/mol. The molecular weight excluding hydrogens is 346 g/mol. The molecule has 2 aromatic rings. The van der Waals surface area contributed by atoms with Gasteiger partial charge >= 0.3 is 0 Å². The standard InChI is InChI=1S/C17H18BrNO3/c1-12-3-6-14(7-4-12)19-17(20)15-11-13(18)5-8-16(15)22-10-9-21-2/h3-8,11H,9-10H2,1-2H3,(H,19,20). The highest BCUT2D eigenvalue weighted by atomic mass is 79.9. The van der Waals surface area contributed by atoms with Crippen molar-refractivity contribution in [3.8, 4) is 5.75 Å². The van der Waals surface area contributed by atoms with Crippen LogP contribution in [0.4, 0.5) is 5.69 Å². The first-order valence-corrected chi connectivity index (χ1v) is 7.69. The van der Waals surface area contributed by atoms with Crippen LogP contribution < -0.4 is 10.1 Å². The number of rotatable bonds is 6. The van der Waals surface area contributed by atoms with E-state index in [-0.39, 0.29) is 5.91 Å². The van der Waals surface area contributed by atoms with E-state index in [2.05, 4.69) is 21.2 Å². The Hall–Kier alpha value is -1.85. The first kappa shape index (κ1) is 16.5. The van der Waals surface area contributed by atoms with Gasteiger partial charge in [0, 0.05) is 17.3 Å². The van der Waals surface area contributed by atoms with Crippen LogP contribution in [0.1, 0.15) is 15.9 Å². The summed E-state index contributed by atoms with van der Waals surface area (Å²) in [5, 5.41) is 2.87. The summed E-state index contributed by atoms with van der Waals surface area (Å²) in [6, 6.07) is 13.0. The van der Waals surface area contributed by atoms with E-state index in [0.29, 0.717) is 24.5 Å². The van der Waals surface area contributed by atoms with Gasteiger partial charge in [0.1, 0.15) is 12.4 Å². The van der Waals surface area contributed by atoms with Crippen LogP contribution in [0.3, 0.4) is 0 Å². The van der Waals surface area contributed by atoms with E-state index in [9.17, 15) is 4.79 Å². The Bertz CT molecular complexity index is 641. The van der Waals surface area contributed by atoms with E-state index in [4.69, 9.17) is 9.47 Å². The fraction of sp³-hybridized carbons (Fsp3) is 0.235. The van der Waals surface area contributed by atoms with Crippen LogP contribution in [0.15, 0.2) is 46.9 Å². The average Bonchev–Trinajstić information content (AvgIpc) is 2.51.